The molecule has 0 unspecified atom stereocenters. The number of hydrogen-bond acceptors (Lipinski definition) is 4. The Morgan fingerprint density at radius 1 is 1.00 bits per heavy atom. The van der Waals surface area contributed by atoms with Gasteiger partial charge < -0.3 is 19.5 Å². The summed E-state index contributed by atoms with van der Waals surface area (Å²) in [5, 5.41) is 3.34. The highest BCUT2D eigenvalue weighted by Gasteiger charge is 2.05. The summed E-state index contributed by atoms with van der Waals surface area (Å²) in [6.45, 7) is 8.00. The summed E-state index contributed by atoms with van der Waals surface area (Å²) in [5.74, 6) is 0. The van der Waals surface area contributed by atoms with Crippen molar-refractivity contribution in [3.8, 4) is 0 Å². The van der Waals surface area contributed by atoms with Crippen molar-refractivity contribution >= 4 is 0 Å². The molecule has 0 heterocycles. The third-order valence-electron chi connectivity index (χ3n) is 2.22. The van der Waals surface area contributed by atoms with Gasteiger partial charge in [0.15, 0.2) is 6.29 Å². The topological polar surface area (TPSA) is 39.7 Å². The van der Waals surface area contributed by atoms with E-state index in [0.717, 1.165) is 26.1 Å². The predicted molar refractivity (Wildman–Crippen MR) is 65.6 cm³/mol. The monoisotopic (exact) mass is 233 g/mol. The lowest BCUT2D eigenvalue weighted by atomic mass is 10.2. The molecule has 0 atom stereocenters. The van der Waals surface area contributed by atoms with Gasteiger partial charge in [0, 0.05) is 33.5 Å². The summed E-state index contributed by atoms with van der Waals surface area (Å²) < 4.78 is 15.8. The van der Waals surface area contributed by atoms with E-state index in [-0.39, 0.29) is 6.29 Å². The Kier molecular flexibility index (Phi) is 12.8. The Morgan fingerprint density at radius 3 is 2.25 bits per heavy atom. The van der Waals surface area contributed by atoms with Crippen LogP contribution >= 0.6 is 0 Å². The van der Waals surface area contributed by atoms with Crippen molar-refractivity contribution in [1.82, 2.24) is 5.32 Å². The third-order valence-corrected chi connectivity index (χ3v) is 2.22. The molecule has 4 nitrogen and oxygen atoms in total. The van der Waals surface area contributed by atoms with Gasteiger partial charge in [-0.05, 0) is 39.7 Å². The van der Waals surface area contributed by atoms with Crippen LogP contribution in [0.4, 0.5) is 0 Å². The van der Waals surface area contributed by atoms with Gasteiger partial charge in [0.05, 0.1) is 0 Å². The third kappa shape index (κ3) is 10.4. The minimum atomic E-state index is -0.103. The van der Waals surface area contributed by atoms with Crippen LogP contribution in [0.2, 0.25) is 0 Å². The molecule has 0 aliphatic heterocycles. The molecule has 0 bridgehead atoms. The second-order valence-corrected chi connectivity index (χ2v) is 3.60. The Hall–Kier alpha value is -0.160. The highest BCUT2D eigenvalue weighted by Crippen LogP contribution is 1.96. The zero-order valence-corrected chi connectivity index (χ0v) is 11.0. The average molecular weight is 233 g/mol. The van der Waals surface area contributed by atoms with E-state index in [4.69, 9.17) is 14.2 Å². The van der Waals surface area contributed by atoms with Crippen LogP contribution in [0, 0.1) is 0 Å². The molecular weight excluding hydrogens is 206 g/mol. The van der Waals surface area contributed by atoms with Gasteiger partial charge in [-0.15, -0.1) is 0 Å². The van der Waals surface area contributed by atoms with Gasteiger partial charge in [-0.2, -0.15) is 0 Å². The van der Waals surface area contributed by atoms with Crippen LogP contribution in [0.1, 0.15) is 33.1 Å². The van der Waals surface area contributed by atoms with Crippen LogP contribution in [0.3, 0.4) is 0 Å². The first-order valence-electron chi connectivity index (χ1n) is 6.28. The SMILES string of the molecule is CCOC(CNCCCCCOC)OCC. The van der Waals surface area contributed by atoms with Crippen LogP contribution < -0.4 is 5.32 Å². The highest BCUT2D eigenvalue weighted by atomic mass is 16.7. The molecule has 98 valence electrons. The van der Waals surface area contributed by atoms with Gasteiger partial charge in [0.25, 0.3) is 0 Å². The highest BCUT2D eigenvalue weighted by molar-refractivity contribution is 4.52. The molecule has 0 aliphatic rings. The molecular formula is C12H27NO3. The molecule has 0 aliphatic carbocycles. The fraction of sp³-hybridized carbons (Fsp3) is 1.00. The van der Waals surface area contributed by atoms with Gasteiger partial charge in [-0.1, -0.05) is 0 Å². The minimum absolute atomic E-state index is 0.103. The predicted octanol–water partition coefficient (Wildman–Crippen LogP) is 1.79. The van der Waals surface area contributed by atoms with E-state index < -0.39 is 0 Å². The maximum Gasteiger partial charge on any atom is 0.169 e. The van der Waals surface area contributed by atoms with Crippen molar-refractivity contribution in [3.63, 3.8) is 0 Å². The van der Waals surface area contributed by atoms with Crippen molar-refractivity contribution in [2.75, 3.05) is 40.0 Å². The standard InChI is InChI=1S/C12H27NO3/c1-4-15-12(16-5-2)11-13-9-7-6-8-10-14-3/h12-13H,4-11H2,1-3H3. The van der Waals surface area contributed by atoms with Crippen molar-refractivity contribution in [2.45, 2.75) is 39.4 Å². The van der Waals surface area contributed by atoms with E-state index in [1.54, 1.807) is 7.11 Å². The Bertz CT molecular complexity index is 127. The summed E-state index contributed by atoms with van der Waals surface area (Å²) in [6.07, 6.45) is 3.41. The molecule has 0 rings (SSSR count). The fourth-order valence-corrected chi connectivity index (χ4v) is 1.43. The smallest absolute Gasteiger partial charge is 0.169 e. The number of unbranched alkanes of at least 4 members (excludes halogenated alkanes) is 2. The van der Waals surface area contributed by atoms with Gasteiger partial charge in [-0.25, -0.2) is 0 Å². The quantitative estimate of drug-likeness (QED) is 0.412. The summed E-state index contributed by atoms with van der Waals surface area (Å²) in [5.41, 5.74) is 0. The van der Waals surface area contributed by atoms with Gasteiger partial charge >= 0.3 is 0 Å². The number of hydrogen-bond donors (Lipinski definition) is 1. The molecule has 0 saturated carbocycles. The first-order chi connectivity index (χ1) is 7.85. The Balaban J connectivity index is 3.25. The van der Waals surface area contributed by atoms with Crippen molar-refractivity contribution < 1.29 is 14.2 Å². The van der Waals surface area contributed by atoms with E-state index in [1.165, 1.54) is 12.8 Å². The van der Waals surface area contributed by atoms with Crippen molar-refractivity contribution in [1.29, 1.82) is 0 Å². The summed E-state index contributed by atoms with van der Waals surface area (Å²) in [4.78, 5) is 0. The van der Waals surface area contributed by atoms with Crippen molar-refractivity contribution in [3.05, 3.63) is 0 Å². The van der Waals surface area contributed by atoms with E-state index >= 15 is 0 Å². The van der Waals surface area contributed by atoms with E-state index in [1.807, 2.05) is 13.8 Å². The van der Waals surface area contributed by atoms with E-state index in [9.17, 15) is 0 Å². The lowest BCUT2D eigenvalue weighted by molar-refractivity contribution is -0.132. The molecule has 0 spiro atoms. The first kappa shape index (κ1) is 15.8. The van der Waals surface area contributed by atoms with Crippen LogP contribution in [0.25, 0.3) is 0 Å². The molecule has 0 aromatic carbocycles. The Labute approximate surface area is 99.6 Å². The zero-order chi connectivity index (χ0) is 12.1. The normalized spacial score (nSPS) is 11.2. The van der Waals surface area contributed by atoms with Crippen LogP contribution in [-0.4, -0.2) is 46.3 Å². The maximum absolute atomic E-state index is 5.42. The number of nitrogens with one attached hydrogen (secondary N) is 1. The lowest BCUT2D eigenvalue weighted by Gasteiger charge is -2.17. The second-order valence-electron chi connectivity index (χ2n) is 3.60. The van der Waals surface area contributed by atoms with Gasteiger partial charge in [0.1, 0.15) is 0 Å². The van der Waals surface area contributed by atoms with E-state index in [0.29, 0.717) is 13.2 Å². The lowest BCUT2D eigenvalue weighted by Crippen LogP contribution is -2.32. The van der Waals surface area contributed by atoms with E-state index in [2.05, 4.69) is 5.32 Å². The first-order valence-corrected chi connectivity index (χ1v) is 6.28. The zero-order valence-electron chi connectivity index (χ0n) is 11.0. The van der Waals surface area contributed by atoms with Gasteiger partial charge in [-0.3, -0.25) is 0 Å². The van der Waals surface area contributed by atoms with Crippen molar-refractivity contribution in [2.24, 2.45) is 0 Å². The maximum atomic E-state index is 5.42. The molecule has 1 N–H and O–H groups in total. The van der Waals surface area contributed by atoms with Gasteiger partial charge in [0.2, 0.25) is 0 Å². The molecule has 0 amide bonds. The number of rotatable bonds is 12. The molecule has 0 fully saturated rings. The number of ether oxygens (including phenoxy) is 3. The van der Waals surface area contributed by atoms with Crippen LogP contribution in [0.5, 0.6) is 0 Å². The largest absolute Gasteiger partial charge is 0.385 e. The van der Waals surface area contributed by atoms with Crippen LogP contribution in [0.15, 0.2) is 0 Å². The summed E-state index contributed by atoms with van der Waals surface area (Å²) >= 11 is 0. The second kappa shape index (κ2) is 12.9. The fourth-order valence-electron chi connectivity index (χ4n) is 1.43. The molecule has 16 heavy (non-hydrogen) atoms. The molecule has 0 aromatic rings. The molecule has 4 heteroatoms. The number of methoxy groups -OCH3 is 1. The summed E-state index contributed by atoms with van der Waals surface area (Å²) in [7, 11) is 1.74. The molecule has 0 aromatic heterocycles. The summed E-state index contributed by atoms with van der Waals surface area (Å²) in [6, 6.07) is 0. The average Bonchev–Trinajstić information content (AvgIpc) is 2.28. The Morgan fingerprint density at radius 2 is 1.69 bits per heavy atom. The van der Waals surface area contributed by atoms with Crippen LogP contribution in [-0.2, 0) is 14.2 Å². The minimum Gasteiger partial charge on any atom is -0.385 e. The molecule has 0 radical (unpaired) electrons. The molecule has 0 saturated heterocycles.